The third-order valence-electron chi connectivity index (χ3n) is 8.14. The quantitative estimate of drug-likeness (QED) is 0.279. The predicted octanol–water partition coefficient (Wildman–Crippen LogP) is 5.46. The maximum Gasteiger partial charge on any atom is 0.324 e. The number of hydrogen-bond acceptors (Lipinski definition) is 5. The van der Waals surface area contributed by atoms with Gasteiger partial charge in [0.05, 0.1) is 11.1 Å². The van der Waals surface area contributed by atoms with Crippen LogP contribution < -0.4 is 10.1 Å². The van der Waals surface area contributed by atoms with E-state index < -0.39 is 30.4 Å². The minimum atomic E-state index is -3.60. The lowest BCUT2D eigenvalue weighted by Crippen LogP contribution is -2.51. The van der Waals surface area contributed by atoms with Crippen LogP contribution in [-0.2, 0) is 11.2 Å². The first-order chi connectivity index (χ1) is 19.8. The van der Waals surface area contributed by atoms with Gasteiger partial charge in [-0.2, -0.15) is 8.78 Å². The Bertz CT molecular complexity index is 1330. The first kappa shape index (κ1) is 29.7. The summed E-state index contributed by atoms with van der Waals surface area (Å²) in [6.45, 7) is 5.33. The van der Waals surface area contributed by atoms with E-state index in [1.807, 2.05) is 42.5 Å². The SMILES string of the molecule is O=C(NC(CN1CCCC1)C(O)c1ccc(OCCN2CCC2)c(Cl)c1)C(F)(F)CCc1ccc2ccccc2c1. The molecule has 0 saturated carbocycles. The van der Waals surface area contributed by atoms with E-state index in [0.717, 1.165) is 61.9 Å². The van der Waals surface area contributed by atoms with Gasteiger partial charge in [-0.05, 0) is 85.9 Å². The molecule has 2 heterocycles. The van der Waals surface area contributed by atoms with Crippen molar-refractivity contribution in [1.29, 1.82) is 0 Å². The van der Waals surface area contributed by atoms with Crippen LogP contribution in [0.4, 0.5) is 8.78 Å². The first-order valence-corrected chi connectivity index (χ1v) is 14.9. The Kier molecular flexibility index (Phi) is 9.75. The van der Waals surface area contributed by atoms with Crippen LogP contribution in [0.3, 0.4) is 0 Å². The molecule has 0 aliphatic carbocycles. The fraction of sp³-hybridized carbons (Fsp3) is 0.469. The molecule has 41 heavy (non-hydrogen) atoms. The highest BCUT2D eigenvalue weighted by Gasteiger charge is 2.40. The number of amides is 1. The van der Waals surface area contributed by atoms with Crippen LogP contribution in [0.2, 0.25) is 5.02 Å². The maximum atomic E-state index is 15.1. The second-order valence-electron chi connectivity index (χ2n) is 11.2. The summed E-state index contributed by atoms with van der Waals surface area (Å²) in [7, 11) is 0. The van der Waals surface area contributed by atoms with Gasteiger partial charge in [0, 0.05) is 19.5 Å². The second kappa shape index (κ2) is 13.5. The molecule has 220 valence electrons. The highest BCUT2D eigenvalue weighted by atomic mass is 35.5. The lowest BCUT2D eigenvalue weighted by Gasteiger charge is -2.31. The number of ether oxygens (including phenoxy) is 1. The van der Waals surface area contributed by atoms with Gasteiger partial charge in [0.25, 0.3) is 5.91 Å². The summed E-state index contributed by atoms with van der Waals surface area (Å²) in [5.74, 6) is -4.47. The summed E-state index contributed by atoms with van der Waals surface area (Å²) >= 11 is 6.46. The zero-order valence-electron chi connectivity index (χ0n) is 23.2. The molecule has 3 aromatic rings. The van der Waals surface area contributed by atoms with Crippen molar-refractivity contribution in [2.45, 2.75) is 50.2 Å². The van der Waals surface area contributed by atoms with E-state index in [0.29, 0.717) is 22.9 Å². The number of hydrogen-bond donors (Lipinski definition) is 2. The standard InChI is InChI=1S/C32H38ClF2N3O3/c33-27-21-26(10-11-29(27)41-19-18-37-16-5-17-37)30(39)28(22-38-14-3-4-15-38)36-31(40)32(34,35)13-12-23-8-9-24-6-1-2-7-25(24)20-23/h1-2,6-11,20-21,28,30,39H,3-5,12-19,22H2,(H,36,40). The van der Waals surface area contributed by atoms with E-state index in [-0.39, 0.29) is 13.0 Å². The third-order valence-corrected chi connectivity index (χ3v) is 8.43. The fourth-order valence-electron chi connectivity index (χ4n) is 5.49. The van der Waals surface area contributed by atoms with Crippen molar-refractivity contribution in [2.75, 3.05) is 45.9 Å². The molecule has 2 unspecified atom stereocenters. The molecule has 3 aromatic carbocycles. The average molecular weight is 586 g/mol. The summed E-state index contributed by atoms with van der Waals surface area (Å²) in [6.07, 6.45) is 1.41. The molecule has 2 N–H and O–H groups in total. The van der Waals surface area contributed by atoms with Gasteiger partial charge in [0.1, 0.15) is 18.5 Å². The average Bonchev–Trinajstić information content (AvgIpc) is 3.46. The number of alkyl halides is 2. The van der Waals surface area contributed by atoms with Crippen LogP contribution in [0, 0.1) is 0 Å². The van der Waals surface area contributed by atoms with E-state index >= 15 is 8.78 Å². The summed E-state index contributed by atoms with van der Waals surface area (Å²) in [6, 6.07) is 17.4. The molecule has 1 amide bonds. The van der Waals surface area contributed by atoms with E-state index in [4.69, 9.17) is 16.3 Å². The molecule has 0 radical (unpaired) electrons. The maximum absolute atomic E-state index is 15.1. The Labute approximate surface area is 245 Å². The van der Waals surface area contributed by atoms with Crippen LogP contribution >= 0.6 is 11.6 Å². The minimum Gasteiger partial charge on any atom is -0.491 e. The highest BCUT2D eigenvalue weighted by molar-refractivity contribution is 6.32. The lowest BCUT2D eigenvalue weighted by atomic mass is 9.99. The molecule has 0 bridgehead atoms. The molecule has 2 fully saturated rings. The Hall–Kier alpha value is -2.78. The topological polar surface area (TPSA) is 65.0 Å². The highest BCUT2D eigenvalue weighted by Crippen LogP contribution is 2.31. The third kappa shape index (κ3) is 7.74. The Morgan fingerprint density at radius 1 is 0.976 bits per heavy atom. The molecule has 5 rings (SSSR count). The van der Waals surface area contributed by atoms with Gasteiger partial charge < -0.3 is 20.1 Å². The molecule has 2 saturated heterocycles. The number of benzene rings is 3. The van der Waals surface area contributed by atoms with Gasteiger partial charge in [-0.15, -0.1) is 0 Å². The lowest BCUT2D eigenvalue weighted by molar-refractivity contribution is -0.148. The van der Waals surface area contributed by atoms with Gasteiger partial charge in [0.2, 0.25) is 0 Å². The van der Waals surface area contributed by atoms with Crippen molar-refractivity contribution in [3.05, 3.63) is 76.8 Å². The number of halogens is 3. The number of rotatable bonds is 13. The van der Waals surface area contributed by atoms with Crippen molar-refractivity contribution >= 4 is 28.3 Å². The summed E-state index contributed by atoms with van der Waals surface area (Å²) < 4.78 is 36.1. The number of nitrogens with one attached hydrogen (secondary N) is 1. The van der Waals surface area contributed by atoms with Gasteiger partial charge in [-0.1, -0.05) is 60.1 Å². The van der Waals surface area contributed by atoms with Crippen LogP contribution in [0.1, 0.15) is 42.9 Å². The predicted molar refractivity (Wildman–Crippen MR) is 158 cm³/mol. The molecule has 2 aliphatic heterocycles. The van der Waals surface area contributed by atoms with Crippen molar-refractivity contribution < 1.29 is 23.4 Å². The van der Waals surface area contributed by atoms with Crippen LogP contribution in [0.25, 0.3) is 10.8 Å². The van der Waals surface area contributed by atoms with Gasteiger partial charge in [0.15, 0.2) is 0 Å². The monoisotopic (exact) mass is 585 g/mol. The number of aliphatic hydroxyl groups is 1. The largest absolute Gasteiger partial charge is 0.491 e. The summed E-state index contributed by atoms with van der Waals surface area (Å²) in [4.78, 5) is 17.3. The number of carbonyl (C=O) groups is 1. The summed E-state index contributed by atoms with van der Waals surface area (Å²) in [5.41, 5.74) is 1.18. The number of nitrogens with zero attached hydrogens (tertiary/aromatic N) is 2. The Morgan fingerprint density at radius 2 is 1.71 bits per heavy atom. The van der Waals surface area contributed by atoms with E-state index in [1.54, 1.807) is 18.2 Å². The van der Waals surface area contributed by atoms with Crippen molar-refractivity contribution in [2.24, 2.45) is 0 Å². The van der Waals surface area contributed by atoms with E-state index in [1.165, 1.54) is 6.42 Å². The number of fused-ring (bicyclic) bond motifs is 1. The van der Waals surface area contributed by atoms with E-state index in [2.05, 4.69) is 15.1 Å². The Morgan fingerprint density at radius 3 is 2.41 bits per heavy atom. The number of likely N-dealkylation sites (tertiary alicyclic amines) is 2. The second-order valence-corrected chi connectivity index (χ2v) is 11.6. The van der Waals surface area contributed by atoms with Crippen LogP contribution in [0.15, 0.2) is 60.7 Å². The molecule has 9 heteroatoms. The number of aryl methyl sites for hydroxylation is 1. The van der Waals surface area contributed by atoms with Crippen molar-refractivity contribution in [3.63, 3.8) is 0 Å². The van der Waals surface area contributed by atoms with E-state index in [9.17, 15) is 9.90 Å². The number of aliphatic hydroxyl groups excluding tert-OH is 1. The van der Waals surface area contributed by atoms with Crippen molar-refractivity contribution in [3.8, 4) is 5.75 Å². The van der Waals surface area contributed by atoms with Gasteiger partial charge in [-0.25, -0.2) is 0 Å². The molecule has 0 aromatic heterocycles. The molecule has 2 atom stereocenters. The molecule has 2 aliphatic rings. The molecular formula is C32H38ClF2N3O3. The van der Waals surface area contributed by atoms with Crippen LogP contribution in [-0.4, -0.2) is 78.7 Å². The van der Waals surface area contributed by atoms with Gasteiger partial charge >= 0.3 is 5.92 Å². The first-order valence-electron chi connectivity index (χ1n) is 14.5. The zero-order valence-corrected chi connectivity index (χ0v) is 24.0. The summed E-state index contributed by atoms with van der Waals surface area (Å²) in [5, 5.41) is 16.1. The van der Waals surface area contributed by atoms with Crippen LogP contribution in [0.5, 0.6) is 5.75 Å². The molecule has 0 spiro atoms. The smallest absolute Gasteiger partial charge is 0.324 e. The number of carbonyl (C=O) groups excluding carboxylic acids is 1. The molecular weight excluding hydrogens is 548 g/mol. The minimum absolute atomic E-state index is 0.0550. The molecule has 6 nitrogen and oxygen atoms in total. The normalized spacial score (nSPS) is 17.8. The zero-order chi connectivity index (χ0) is 28.8. The van der Waals surface area contributed by atoms with Crippen molar-refractivity contribution in [1.82, 2.24) is 15.1 Å². The van der Waals surface area contributed by atoms with Gasteiger partial charge in [-0.3, -0.25) is 9.69 Å². The Balaban J connectivity index is 1.23. The fourth-order valence-corrected chi connectivity index (χ4v) is 5.73.